The second-order valence-corrected chi connectivity index (χ2v) is 7.39. The molecule has 4 rings (SSSR count). The van der Waals surface area contributed by atoms with Crippen molar-refractivity contribution in [1.29, 1.82) is 0 Å². The van der Waals surface area contributed by atoms with Gasteiger partial charge in [-0.05, 0) is 36.6 Å². The third-order valence-corrected chi connectivity index (χ3v) is 6.03. The van der Waals surface area contributed by atoms with Crippen LogP contribution in [-0.4, -0.2) is 46.2 Å². The van der Waals surface area contributed by atoms with E-state index in [1.165, 1.54) is 6.42 Å². The lowest BCUT2D eigenvalue weighted by Crippen LogP contribution is -2.58. The molecule has 3 N–H and O–H groups in total. The Kier molecular flexibility index (Phi) is 5.83. The number of nitrogens with two attached hydrogens (primary N) is 1. The molecule has 2 fully saturated rings. The zero-order valence-corrected chi connectivity index (χ0v) is 16.2. The van der Waals surface area contributed by atoms with Crippen LogP contribution in [0.15, 0.2) is 30.6 Å². The molecule has 2 aliphatic rings. The van der Waals surface area contributed by atoms with Crippen LogP contribution in [0.5, 0.6) is 0 Å². The van der Waals surface area contributed by atoms with Gasteiger partial charge in [0.2, 0.25) is 0 Å². The van der Waals surface area contributed by atoms with Gasteiger partial charge in [-0.2, -0.15) is 5.10 Å². The van der Waals surface area contributed by atoms with Crippen molar-refractivity contribution in [3.05, 3.63) is 47.5 Å². The number of aromatic nitrogens is 3. The van der Waals surface area contributed by atoms with Gasteiger partial charge in [-0.15, -0.1) is 12.4 Å². The van der Waals surface area contributed by atoms with Gasteiger partial charge in [0.25, 0.3) is 5.91 Å². The molecule has 2 bridgehead atoms. The number of ether oxygens (including phenoxy) is 1. The van der Waals surface area contributed by atoms with Crippen molar-refractivity contribution < 1.29 is 9.53 Å². The molecule has 1 aliphatic carbocycles. The fourth-order valence-corrected chi connectivity index (χ4v) is 5.00. The van der Waals surface area contributed by atoms with Crippen LogP contribution in [0.2, 0.25) is 0 Å². The highest BCUT2D eigenvalue weighted by molar-refractivity contribution is 5.90. The first-order valence-electron chi connectivity index (χ1n) is 9.15. The van der Waals surface area contributed by atoms with Crippen LogP contribution in [0.25, 0.3) is 0 Å². The lowest BCUT2D eigenvalue weighted by Gasteiger charge is -2.55. The number of rotatable bonds is 5. The molecule has 8 heteroatoms. The summed E-state index contributed by atoms with van der Waals surface area (Å²) in [6.07, 6.45) is 6.90. The quantitative estimate of drug-likeness (QED) is 0.813. The van der Waals surface area contributed by atoms with Gasteiger partial charge in [0, 0.05) is 56.7 Å². The molecule has 146 valence electrons. The van der Waals surface area contributed by atoms with Crippen molar-refractivity contribution in [2.24, 2.45) is 17.6 Å². The van der Waals surface area contributed by atoms with E-state index in [1.54, 1.807) is 19.5 Å². The number of carbonyl (C=O) groups is 1. The van der Waals surface area contributed by atoms with Crippen LogP contribution in [0.1, 0.15) is 41.0 Å². The number of nitrogens with one attached hydrogen (secondary N) is 1. The van der Waals surface area contributed by atoms with E-state index >= 15 is 0 Å². The molecule has 3 atom stereocenters. The number of primary amides is 1. The fraction of sp³-hybridized carbons (Fsp3) is 0.526. The zero-order valence-electron chi connectivity index (χ0n) is 15.4. The summed E-state index contributed by atoms with van der Waals surface area (Å²) in [5, 5.41) is 7.11. The van der Waals surface area contributed by atoms with Crippen LogP contribution in [-0.2, 0) is 16.9 Å². The van der Waals surface area contributed by atoms with Gasteiger partial charge < -0.3 is 10.5 Å². The maximum atomic E-state index is 11.6. The van der Waals surface area contributed by atoms with Crippen molar-refractivity contribution >= 4 is 18.3 Å². The smallest absolute Gasteiger partial charge is 0.267 e. The van der Waals surface area contributed by atoms with Crippen molar-refractivity contribution in [2.45, 2.75) is 31.4 Å². The van der Waals surface area contributed by atoms with E-state index in [9.17, 15) is 4.79 Å². The Morgan fingerprint density at radius 2 is 2.07 bits per heavy atom. The molecule has 1 amide bonds. The van der Waals surface area contributed by atoms with Gasteiger partial charge in [0.15, 0.2) is 0 Å². The van der Waals surface area contributed by atoms with Crippen molar-refractivity contribution in [2.75, 3.05) is 20.2 Å². The first-order valence-corrected chi connectivity index (χ1v) is 9.15. The molecule has 0 radical (unpaired) electrons. The minimum absolute atomic E-state index is 0. The van der Waals surface area contributed by atoms with Crippen LogP contribution in [0, 0.1) is 11.8 Å². The Morgan fingerprint density at radius 1 is 1.33 bits per heavy atom. The van der Waals surface area contributed by atoms with E-state index in [2.05, 4.69) is 20.1 Å². The molecule has 0 unspecified atom stereocenters. The topological polar surface area (TPSA) is 97.1 Å². The number of piperidine rings is 1. The Labute approximate surface area is 165 Å². The maximum Gasteiger partial charge on any atom is 0.267 e. The molecule has 0 spiro atoms. The Bertz CT molecular complexity index is 768. The predicted molar refractivity (Wildman–Crippen MR) is 103 cm³/mol. The number of nitrogens with zero attached hydrogens (tertiary/aromatic N) is 3. The number of methoxy groups -OCH3 is 1. The van der Waals surface area contributed by atoms with Crippen molar-refractivity contribution in [1.82, 2.24) is 20.1 Å². The summed E-state index contributed by atoms with van der Waals surface area (Å²) in [5.74, 6) is 0.233. The first-order chi connectivity index (χ1) is 12.6. The van der Waals surface area contributed by atoms with Crippen molar-refractivity contribution in [3.8, 4) is 0 Å². The number of fused-ring (bicyclic) bond motifs is 2. The molecule has 27 heavy (non-hydrogen) atoms. The van der Waals surface area contributed by atoms with Gasteiger partial charge in [-0.1, -0.05) is 6.42 Å². The lowest BCUT2D eigenvalue weighted by molar-refractivity contribution is -0.170. The Morgan fingerprint density at radius 3 is 2.67 bits per heavy atom. The summed E-state index contributed by atoms with van der Waals surface area (Å²) in [6, 6.07) is 5.82. The highest BCUT2D eigenvalue weighted by Gasteiger charge is 2.53. The maximum absolute atomic E-state index is 11.6. The number of hydrogen-bond acceptors (Lipinski definition) is 5. The number of H-pyrrole nitrogens is 1. The Hall–Kier alpha value is -1.96. The SMILES string of the molecule is CO[C@]1(c2ccnc(C(N)=O)c2)[C@@H]2CCC[C@H]1CN(Cc1ccn[nH]1)C2.Cl. The second-order valence-electron chi connectivity index (χ2n) is 7.39. The van der Waals surface area contributed by atoms with E-state index in [0.717, 1.165) is 43.7 Å². The van der Waals surface area contributed by atoms with Crippen molar-refractivity contribution in [3.63, 3.8) is 0 Å². The number of pyridine rings is 1. The Balaban J connectivity index is 0.00000210. The zero-order chi connectivity index (χ0) is 18.1. The minimum Gasteiger partial charge on any atom is -0.373 e. The van der Waals surface area contributed by atoms with Gasteiger partial charge in [-0.25, -0.2) is 0 Å². The highest BCUT2D eigenvalue weighted by atomic mass is 35.5. The molecule has 1 aliphatic heterocycles. The van der Waals surface area contributed by atoms with E-state index in [4.69, 9.17) is 10.5 Å². The predicted octanol–water partition coefficient (Wildman–Crippen LogP) is 2.10. The summed E-state index contributed by atoms with van der Waals surface area (Å²) >= 11 is 0. The normalized spacial score (nSPS) is 27.7. The van der Waals surface area contributed by atoms with Crippen LogP contribution >= 0.6 is 12.4 Å². The van der Waals surface area contributed by atoms with Gasteiger partial charge >= 0.3 is 0 Å². The standard InChI is InChI=1S/C19H25N5O2.ClH/c1-26-19(13-5-7-21-17(9-13)18(20)25)14-3-2-4-15(19)11-24(10-14)12-16-6-8-22-23-16;/h5-9,14-15H,2-4,10-12H2,1H3,(H2,20,25)(H,22,23);1H/t14-,15+,19-;. The molecule has 3 heterocycles. The molecule has 2 aromatic rings. The minimum atomic E-state index is -0.500. The number of carbonyl (C=O) groups excluding carboxylic acids is 1. The van der Waals surface area contributed by atoms with E-state index in [1.807, 2.05) is 18.2 Å². The largest absolute Gasteiger partial charge is 0.373 e. The van der Waals surface area contributed by atoms with E-state index in [0.29, 0.717) is 17.5 Å². The average Bonchev–Trinajstić information content (AvgIpc) is 3.14. The molecule has 0 aromatic carbocycles. The van der Waals surface area contributed by atoms with Gasteiger partial charge in [0.05, 0.1) is 0 Å². The third kappa shape index (κ3) is 3.47. The summed E-state index contributed by atoms with van der Waals surface area (Å²) in [5.41, 5.74) is 7.53. The molecule has 7 nitrogen and oxygen atoms in total. The molecule has 1 saturated carbocycles. The van der Waals surface area contributed by atoms with Gasteiger partial charge in [-0.3, -0.25) is 19.8 Å². The van der Waals surface area contributed by atoms with Gasteiger partial charge in [0.1, 0.15) is 11.3 Å². The highest BCUT2D eigenvalue weighted by Crippen LogP contribution is 2.51. The molecular weight excluding hydrogens is 366 g/mol. The fourth-order valence-electron chi connectivity index (χ4n) is 5.00. The number of aromatic amines is 1. The van der Waals surface area contributed by atoms with Crippen LogP contribution in [0.4, 0.5) is 0 Å². The second kappa shape index (κ2) is 7.96. The summed E-state index contributed by atoms with van der Waals surface area (Å²) < 4.78 is 6.22. The number of halogens is 1. The lowest BCUT2D eigenvalue weighted by atomic mass is 9.62. The number of amides is 1. The number of hydrogen-bond donors (Lipinski definition) is 2. The first kappa shape index (κ1) is 19.8. The number of likely N-dealkylation sites (tertiary alicyclic amines) is 1. The van der Waals surface area contributed by atoms with E-state index in [-0.39, 0.29) is 18.0 Å². The molecule has 1 saturated heterocycles. The summed E-state index contributed by atoms with van der Waals surface area (Å²) in [6.45, 7) is 2.78. The average molecular weight is 392 g/mol. The molecular formula is C19H26ClN5O2. The third-order valence-electron chi connectivity index (χ3n) is 6.03. The monoisotopic (exact) mass is 391 g/mol. The molecule has 2 aromatic heterocycles. The summed E-state index contributed by atoms with van der Waals surface area (Å²) in [4.78, 5) is 18.2. The summed E-state index contributed by atoms with van der Waals surface area (Å²) in [7, 11) is 1.79. The van der Waals surface area contributed by atoms with Crippen LogP contribution < -0.4 is 5.73 Å². The van der Waals surface area contributed by atoms with E-state index < -0.39 is 5.91 Å². The van der Waals surface area contributed by atoms with Crippen LogP contribution in [0.3, 0.4) is 0 Å².